The first kappa shape index (κ1) is 19.7. The van der Waals surface area contributed by atoms with Crippen molar-refractivity contribution in [3.8, 4) is 0 Å². The predicted octanol–water partition coefficient (Wildman–Crippen LogP) is 2.88. The van der Waals surface area contributed by atoms with Gasteiger partial charge in [-0.3, -0.25) is 9.78 Å². The number of nitrogens with one attached hydrogen (secondary N) is 2. The van der Waals surface area contributed by atoms with Crippen LogP contribution in [0.15, 0.2) is 79.1 Å². The van der Waals surface area contributed by atoms with E-state index in [0.29, 0.717) is 18.7 Å². The first-order chi connectivity index (χ1) is 13.7. The van der Waals surface area contributed by atoms with Gasteiger partial charge in [0.2, 0.25) is 0 Å². The number of nitrogens with zero attached hydrogens (tertiary/aromatic N) is 1. The molecule has 0 aliphatic rings. The van der Waals surface area contributed by atoms with Gasteiger partial charge >= 0.3 is 0 Å². The Labute approximate surface area is 165 Å². The molecule has 3 rings (SSSR count). The number of aromatic nitrogens is 1. The largest absolute Gasteiger partial charge is 0.387 e. The van der Waals surface area contributed by atoms with Crippen LogP contribution in [0.25, 0.3) is 0 Å². The zero-order valence-corrected chi connectivity index (χ0v) is 15.7. The van der Waals surface area contributed by atoms with Gasteiger partial charge in [0.05, 0.1) is 6.10 Å². The Morgan fingerprint density at radius 2 is 1.75 bits per heavy atom. The molecule has 0 unspecified atom stereocenters. The van der Waals surface area contributed by atoms with Crippen molar-refractivity contribution in [1.29, 1.82) is 0 Å². The van der Waals surface area contributed by atoms with Crippen LogP contribution in [0.4, 0.5) is 0 Å². The molecule has 28 heavy (non-hydrogen) atoms. The van der Waals surface area contributed by atoms with Crippen molar-refractivity contribution in [1.82, 2.24) is 15.6 Å². The number of aliphatic hydroxyl groups excluding tert-OH is 1. The Kier molecular flexibility index (Phi) is 7.29. The van der Waals surface area contributed by atoms with E-state index in [1.54, 1.807) is 12.4 Å². The predicted molar refractivity (Wildman–Crippen MR) is 110 cm³/mol. The van der Waals surface area contributed by atoms with Gasteiger partial charge in [0.1, 0.15) is 0 Å². The lowest BCUT2D eigenvalue weighted by atomic mass is 10.1. The molecule has 2 aromatic carbocycles. The Balaban J connectivity index is 1.39. The zero-order valence-electron chi connectivity index (χ0n) is 15.7. The van der Waals surface area contributed by atoms with Crippen molar-refractivity contribution in [3.63, 3.8) is 0 Å². The van der Waals surface area contributed by atoms with Crippen LogP contribution in [0.5, 0.6) is 0 Å². The van der Waals surface area contributed by atoms with Crippen molar-refractivity contribution in [3.05, 3.63) is 101 Å². The molecule has 1 heterocycles. The summed E-state index contributed by atoms with van der Waals surface area (Å²) in [6.45, 7) is 1.73. The van der Waals surface area contributed by atoms with E-state index in [4.69, 9.17) is 0 Å². The van der Waals surface area contributed by atoms with E-state index in [0.717, 1.165) is 29.7 Å². The molecule has 0 fully saturated rings. The summed E-state index contributed by atoms with van der Waals surface area (Å²) in [5, 5.41) is 16.3. The average molecular weight is 375 g/mol. The van der Waals surface area contributed by atoms with Crippen LogP contribution in [0.3, 0.4) is 0 Å². The van der Waals surface area contributed by atoms with Crippen LogP contribution in [-0.2, 0) is 13.0 Å². The molecule has 0 spiro atoms. The third-order valence-electron chi connectivity index (χ3n) is 4.50. The molecule has 0 saturated carbocycles. The van der Waals surface area contributed by atoms with Crippen LogP contribution in [0, 0.1) is 0 Å². The topological polar surface area (TPSA) is 74.2 Å². The molecule has 0 radical (unpaired) electrons. The molecule has 0 aliphatic heterocycles. The smallest absolute Gasteiger partial charge is 0.251 e. The normalized spacial score (nSPS) is 11.8. The molecule has 1 amide bonds. The standard InChI is InChI=1S/C23H25N3O2/c27-22(20-6-2-1-3-7-20)17-25-14-12-18-8-10-21(11-9-18)23(28)26-16-19-5-4-13-24-15-19/h1-11,13,15,22,25,27H,12,14,16-17H2,(H,26,28)/t22-/m0/s1. The van der Waals surface area contributed by atoms with Crippen LogP contribution in [-0.4, -0.2) is 29.1 Å². The van der Waals surface area contributed by atoms with Crippen molar-refractivity contribution >= 4 is 5.91 Å². The van der Waals surface area contributed by atoms with Crippen LogP contribution < -0.4 is 10.6 Å². The number of pyridine rings is 1. The van der Waals surface area contributed by atoms with Crippen molar-refractivity contribution in [2.75, 3.05) is 13.1 Å². The second-order valence-electron chi connectivity index (χ2n) is 6.62. The van der Waals surface area contributed by atoms with Gasteiger partial charge in [-0.2, -0.15) is 0 Å². The summed E-state index contributed by atoms with van der Waals surface area (Å²) in [7, 11) is 0. The summed E-state index contributed by atoms with van der Waals surface area (Å²) >= 11 is 0. The fourth-order valence-corrected chi connectivity index (χ4v) is 2.87. The van der Waals surface area contributed by atoms with Gasteiger partial charge in [0.15, 0.2) is 0 Å². The van der Waals surface area contributed by atoms with E-state index in [-0.39, 0.29) is 5.91 Å². The van der Waals surface area contributed by atoms with Crippen molar-refractivity contribution in [2.45, 2.75) is 19.1 Å². The number of carbonyl (C=O) groups is 1. The highest BCUT2D eigenvalue weighted by Gasteiger charge is 2.07. The fraction of sp³-hybridized carbons (Fsp3) is 0.217. The molecule has 1 atom stereocenters. The maximum atomic E-state index is 12.2. The summed E-state index contributed by atoms with van der Waals surface area (Å²) in [6, 6.07) is 21.0. The SMILES string of the molecule is O=C(NCc1cccnc1)c1ccc(CCNC[C@H](O)c2ccccc2)cc1. The highest BCUT2D eigenvalue weighted by Crippen LogP contribution is 2.10. The molecule has 5 nitrogen and oxygen atoms in total. The second-order valence-corrected chi connectivity index (χ2v) is 6.62. The van der Waals surface area contributed by atoms with Crippen LogP contribution in [0.2, 0.25) is 0 Å². The molecule has 0 aliphatic carbocycles. The first-order valence-electron chi connectivity index (χ1n) is 9.42. The lowest BCUT2D eigenvalue weighted by Crippen LogP contribution is -2.24. The Morgan fingerprint density at radius 1 is 0.964 bits per heavy atom. The van der Waals surface area contributed by atoms with Gasteiger partial charge in [-0.1, -0.05) is 48.5 Å². The molecule has 3 aromatic rings. The highest BCUT2D eigenvalue weighted by molar-refractivity contribution is 5.94. The maximum absolute atomic E-state index is 12.2. The molecule has 0 saturated heterocycles. The van der Waals surface area contributed by atoms with Gasteiger partial charge in [-0.25, -0.2) is 0 Å². The molecule has 3 N–H and O–H groups in total. The number of amides is 1. The van der Waals surface area contributed by atoms with Crippen molar-refractivity contribution < 1.29 is 9.90 Å². The van der Waals surface area contributed by atoms with Gasteiger partial charge in [0.25, 0.3) is 5.91 Å². The summed E-state index contributed by atoms with van der Waals surface area (Å²) in [5.74, 6) is -0.0977. The Morgan fingerprint density at radius 3 is 2.46 bits per heavy atom. The number of rotatable bonds is 9. The first-order valence-corrected chi connectivity index (χ1v) is 9.42. The third-order valence-corrected chi connectivity index (χ3v) is 4.50. The number of benzene rings is 2. The monoisotopic (exact) mass is 375 g/mol. The Bertz CT molecular complexity index is 852. The minimum Gasteiger partial charge on any atom is -0.387 e. The molecule has 144 valence electrons. The maximum Gasteiger partial charge on any atom is 0.251 e. The van der Waals surface area contributed by atoms with Gasteiger partial charge in [-0.05, 0) is 47.9 Å². The molecule has 1 aromatic heterocycles. The molecule has 0 bridgehead atoms. The fourth-order valence-electron chi connectivity index (χ4n) is 2.87. The number of hydrogen-bond acceptors (Lipinski definition) is 4. The van der Waals surface area contributed by atoms with E-state index in [1.807, 2.05) is 66.7 Å². The van der Waals surface area contributed by atoms with E-state index in [9.17, 15) is 9.90 Å². The summed E-state index contributed by atoms with van der Waals surface area (Å²) in [4.78, 5) is 16.3. The molecule has 5 heteroatoms. The van der Waals surface area contributed by atoms with Crippen molar-refractivity contribution in [2.24, 2.45) is 0 Å². The average Bonchev–Trinajstić information content (AvgIpc) is 2.76. The summed E-state index contributed by atoms with van der Waals surface area (Å²) in [5.41, 5.74) is 3.67. The number of carbonyl (C=O) groups excluding carboxylic acids is 1. The zero-order chi connectivity index (χ0) is 19.6. The molecular formula is C23H25N3O2. The van der Waals surface area contributed by atoms with E-state index in [2.05, 4.69) is 15.6 Å². The lowest BCUT2D eigenvalue weighted by molar-refractivity contribution is 0.0951. The van der Waals surface area contributed by atoms with Crippen LogP contribution in [0.1, 0.15) is 33.2 Å². The van der Waals surface area contributed by atoms with E-state index in [1.165, 1.54) is 0 Å². The Hall–Kier alpha value is -3.02. The van der Waals surface area contributed by atoms with Gasteiger partial charge in [0, 0.05) is 31.0 Å². The number of aliphatic hydroxyl groups is 1. The van der Waals surface area contributed by atoms with E-state index >= 15 is 0 Å². The minimum absolute atomic E-state index is 0.0977. The quantitative estimate of drug-likeness (QED) is 0.503. The van der Waals surface area contributed by atoms with Gasteiger partial charge in [-0.15, -0.1) is 0 Å². The second kappa shape index (κ2) is 10.3. The summed E-state index contributed by atoms with van der Waals surface area (Å²) in [6.07, 6.45) is 3.78. The molecular weight excluding hydrogens is 350 g/mol. The third kappa shape index (κ3) is 6.01. The summed E-state index contributed by atoms with van der Waals surface area (Å²) < 4.78 is 0. The van der Waals surface area contributed by atoms with Crippen LogP contribution >= 0.6 is 0 Å². The highest BCUT2D eigenvalue weighted by atomic mass is 16.3. The minimum atomic E-state index is -0.507. The lowest BCUT2D eigenvalue weighted by Gasteiger charge is -2.12. The number of hydrogen-bond donors (Lipinski definition) is 3. The van der Waals surface area contributed by atoms with E-state index < -0.39 is 6.10 Å². The van der Waals surface area contributed by atoms with Gasteiger partial charge < -0.3 is 15.7 Å².